The maximum absolute atomic E-state index is 5.41. The van der Waals surface area contributed by atoms with Crippen LogP contribution in [0.15, 0.2) is 29.6 Å². The average molecular weight is 302 g/mol. The molecule has 3 nitrogen and oxygen atoms in total. The van der Waals surface area contributed by atoms with Crippen LogP contribution in [0.3, 0.4) is 0 Å². The lowest BCUT2D eigenvalue weighted by molar-refractivity contribution is 0.416. The standard InChI is InChI=1S/C17H22N2OS/c1-20-16-9-5-4-8-14(16)15-12-21-17(19-15)10-11-18-13-6-2-3-7-13/h4-5,8-9,12-13,18H,2-3,6-7,10-11H2,1H3. The van der Waals surface area contributed by atoms with Crippen LogP contribution in [-0.4, -0.2) is 24.7 Å². The maximum Gasteiger partial charge on any atom is 0.128 e. The first-order valence-corrected chi connectivity index (χ1v) is 8.56. The summed E-state index contributed by atoms with van der Waals surface area (Å²) in [6, 6.07) is 8.79. The summed E-state index contributed by atoms with van der Waals surface area (Å²) in [5.41, 5.74) is 2.10. The van der Waals surface area contributed by atoms with Gasteiger partial charge in [0.1, 0.15) is 5.75 Å². The van der Waals surface area contributed by atoms with E-state index in [4.69, 9.17) is 9.72 Å². The van der Waals surface area contributed by atoms with Crippen LogP contribution in [0.5, 0.6) is 5.75 Å². The molecule has 0 spiro atoms. The molecule has 0 saturated heterocycles. The van der Waals surface area contributed by atoms with Gasteiger partial charge in [-0.25, -0.2) is 4.98 Å². The van der Waals surface area contributed by atoms with E-state index in [0.717, 1.165) is 36.0 Å². The smallest absolute Gasteiger partial charge is 0.128 e. The molecule has 1 aromatic carbocycles. The maximum atomic E-state index is 5.41. The highest BCUT2D eigenvalue weighted by atomic mass is 32.1. The SMILES string of the molecule is COc1ccccc1-c1csc(CCNC2CCCC2)n1. The van der Waals surface area contributed by atoms with Gasteiger partial charge in [-0.3, -0.25) is 0 Å². The van der Waals surface area contributed by atoms with Crippen molar-refractivity contribution in [3.63, 3.8) is 0 Å². The molecular weight excluding hydrogens is 280 g/mol. The van der Waals surface area contributed by atoms with Gasteiger partial charge in [0.2, 0.25) is 0 Å². The molecule has 0 unspecified atom stereocenters. The monoisotopic (exact) mass is 302 g/mol. The van der Waals surface area contributed by atoms with Gasteiger partial charge in [0.15, 0.2) is 0 Å². The van der Waals surface area contributed by atoms with Gasteiger partial charge in [-0.05, 0) is 25.0 Å². The zero-order valence-electron chi connectivity index (χ0n) is 12.5. The molecule has 2 aromatic rings. The normalized spacial score (nSPS) is 15.5. The first-order valence-electron chi connectivity index (χ1n) is 7.68. The van der Waals surface area contributed by atoms with Gasteiger partial charge in [-0.2, -0.15) is 0 Å². The van der Waals surface area contributed by atoms with E-state index in [-0.39, 0.29) is 0 Å². The number of hydrogen-bond donors (Lipinski definition) is 1. The largest absolute Gasteiger partial charge is 0.496 e. The second kappa shape index (κ2) is 7.05. The average Bonchev–Trinajstić information content (AvgIpc) is 3.19. The number of aromatic nitrogens is 1. The van der Waals surface area contributed by atoms with Crippen molar-refractivity contribution < 1.29 is 4.74 Å². The number of ether oxygens (including phenoxy) is 1. The molecule has 0 bridgehead atoms. The van der Waals surface area contributed by atoms with E-state index in [1.165, 1.54) is 30.7 Å². The van der Waals surface area contributed by atoms with Crippen molar-refractivity contribution in [3.8, 4) is 17.0 Å². The summed E-state index contributed by atoms with van der Waals surface area (Å²) in [6.45, 7) is 1.03. The molecule has 21 heavy (non-hydrogen) atoms. The number of nitrogens with zero attached hydrogens (tertiary/aromatic N) is 1. The van der Waals surface area contributed by atoms with E-state index in [0.29, 0.717) is 0 Å². The van der Waals surface area contributed by atoms with Crippen LogP contribution in [-0.2, 0) is 6.42 Å². The molecule has 0 aliphatic heterocycles. The lowest BCUT2D eigenvalue weighted by Gasteiger charge is -2.10. The Hall–Kier alpha value is -1.39. The molecule has 112 valence electrons. The molecule has 4 heteroatoms. The first-order chi connectivity index (χ1) is 10.4. The molecule has 0 atom stereocenters. The van der Waals surface area contributed by atoms with E-state index in [9.17, 15) is 0 Å². The topological polar surface area (TPSA) is 34.1 Å². The van der Waals surface area contributed by atoms with Crippen molar-refractivity contribution in [2.24, 2.45) is 0 Å². The van der Waals surface area contributed by atoms with Crippen LogP contribution in [0.2, 0.25) is 0 Å². The highest BCUT2D eigenvalue weighted by Gasteiger charge is 2.14. The van der Waals surface area contributed by atoms with E-state index in [2.05, 4.69) is 16.8 Å². The van der Waals surface area contributed by atoms with E-state index in [1.807, 2.05) is 18.2 Å². The minimum absolute atomic E-state index is 0.735. The van der Waals surface area contributed by atoms with Gasteiger partial charge in [0.05, 0.1) is 17.8 Å². The Morgan fingerprint density at radius 1 is 1.29 bits per heavy atom. The van der Waals surface area contributed by atoms with Gasteiger partial charge >= 0.3 is 0 Å². The van der Waals surface area contributed by atoms with Crippen LogP contribution in [0, 0.1) is 0 Å². The molecule has 1 aliphatic carbocycles. The summed E-state index contributed by atoms with van der Waals surface area (Å²) in [7, 11) is 1.71. The number of rotatable bonds is 6. The van der Waals surface area contributed by atoms with E-state index >= 15 is 0 Å². The zero-order valence-corrected chi connectivity index (χ0v) is 13.3. The third kappa shape index (κ3) is 3.63. The first kappa shape index (κ1) is 14.5. The van der Waals surface area contributed by atoms with Crippen molar-refractivity contribution in [2.75, 3.05) is 13.7 Å². The number of para-hydroxylation sites is 1. The Morgan fingerprint density at radius 2 is 2.10 bits per heavy atom. The summed E-state index contributed by atoms with van der Waals surface area (Å²) in [5, 5.41) is 6.97. The zero-order chi connectivity index (χ0) is 14.5. The predicted octanol–water partition coefficient (Wildman–Crippen LogP) is 3.89. The second-order valence-corrected chi connectivity index (χ2v) is 6.45. The predicted molar refractivity (Wildman–Crippen MR) is 88.1 cm³/mol. The fraction of sp³-hybridized carbons (Fsp3) is 0.471. The molecule has 1 fully saturated rings. The minimum Gasteiger partial charge on any atom is -0.496 e. The van der Waals surface area contributed by atoms with Crippen molar-refractivity contribution >= 4 is 11.3 Å². The number of thiazole rings is 1. The van der Waals surface area contributed by atoms with Gasteiger partial charge in [-0.1, -0.05) is 25.0 Å². The Bertz CT molecular complexity index is 576. The number of hydrogen-bond acceptors (Lipinski definition) is 4. The van der Waals surface area contributed by atoms with Gasteiger partial charge in [0.25, 0.3) is 0 Å². The molecule has 1 heterocycles. The summed E-state index contributed by atoms with van der Waals surface area (Å²) in [6.07, 6.45) is 6.45. The fourth-order valence-electron chi connectivity index (χ4n) is 2.92. The molecule has 1 aliphatic rings. The van der Waals surface area contributed by atoms with Crippen LogP contribution in [0.4, 0.5) is 0 Å². The Balaban J connectivity index is 1.60. The van der Waals surface area contributed by atoms with Gasteiger partial charge in [-0.15, -0.1) is 11.3 Å². The molecule has 0 radical (unpaired) electrons. The Labute approximate surface area is 130 Å². The summed E-state index contributed by atoms with van der Waals surface area (Å²) in [4.78, 5) is 4.75. The lowest BCUT2D eigenvalue weighted by Crippen LogP contribution is -2.27. The number of benzene rings is 1. The van der Waals surface area contributed by atoms with Crippen molar-refractivity contribution in [3.05, 3.63) is 34.7 Å². The third-order valence-corrected chi connectivity index (χ3v) is 4.97. The van der Waals surface area contributed by atoms with Crippen LogP contribution in [0.1, 0.15) is 30.7 Å². The molecule has 0 amide bonds. The lowest BCUT2D eigenvalue weighted by atomic mass is 10.1. The van der Waals surface area contributed by atoms with Crippen molar-refractivity contribution in [1.29, 1.82) is 0 Å². The third-order valence-electron chi connectivity index (χ3n) is 4.06. The molecule has 1 saturated carbocycles. The van der Waals surface area contributed by atoms with Gasteiger partial charge in [0, 0.05) is 30.0 Å². The number of methoxy groups -OCH3 is 1. The second-order valence-electron chi connectivity index (χ2n) is 5.51. The van der Waals surface area contributed by atoms with Crippen LogP contribution < -0.4 is 10.1 Å². The highest BCUT2D eigenvalue weighted by Crippen LogP contribution is 2.30. The van der Waals surface area contributed by atoms with Crippen LogP contribution >= 0.6 is 11.3 Å². The van der Waals surface area contributed by atoms with E-state index < -0.39 is 0 Å². The van der Waals surface area contributed by atoms with E-state index in [1.54, 1.807) is 18.4 Å². The quantitative estimate of drug-likeness (QED) is 0.879. The molecule has 3 rings (SSSR count). The Morgan fingerprint density at radius 3 is 2.90 bits per heavy atom. The van der Waals surface area contributed by atoms with Crippen LogP contribution in [0.25, 0.3) is 11.3 Å². The Kier molecular flexibility index (Phi) is 4.88. The molecule has 1 N–H and O–H groups in total. The summed E-state index contributed by atoms with van der Waals surface area (Å²) < 4.78 is 5.41. The van der Waals surface area contributed by atoms with Gasteiger partial charge < -0.3 is 10.1 Å². The highest BCUT2D eigenvalue weighted by molar-refractivity contribution is 7.09. The van der Waals surface area contributed by atoms with Crippen molar-refractivity contribution in [2.45, 2.75) is 38.1 Å². The summed E-state index contributed by atoms with van der Waals surface area (Å²) in [5.74, 6) is 0.887. The fourth-order valence-corrected chi connectivity index (χ4v) is 3.72. The number of nitrogens with one attached hydrogen (secondary N) is 1. The molecular formula is C17H22N2OS. The molecule has 1 aromatic heterocycles. The summed E-state index contributed by atoms with van der Waals surface area (Å²) >= 11 is 1.74. The minimum atomic E-state index is 0.735. The van der Waals surface area contributed by atoms with Crippen molar-refractivity contribution in [1.82, 2.24) is 10.3 Å².